The summed E-state index contributed by atoms with van der Waals surface area (Å²) in [5.41, 5.74) is -1.47. The molecule has 92 valence electrons. The first-order valence-electron chi connectivity index (χ1n) is 5.97. The summed E-state index contributed by atoms with van der Waals surface area (Å²) in [6, 6.07) is 0. The van der Waals surface area contributed by atoms with E-state index >= 15 is 0 Å². The highest BCUT2D eigenvalue weighted by Crippen LogP contribution is 2.18. The molecule has 0 radical (unpaired) electrons. The van der Waals surface area contributed by atoms with Crippen molar-refractivity contribution >= 4 is 0 Å². The van der Waals surface area contributed by atoms with Crippen molar-refractivity contribution < 1.29 is 14.9 Å². The molecule has 0 heterocycles. The van der Waals surface area contributed by atoms with Gasteiger partial charge < -0.3 is 14.9 Å². The Kier molecular flexibility index (Phi) is 6.41. The van der Waals surface area contributed by atoms with Gasteiger partial charge in [-0.3, -0.25) is 0 Å². The lowest BCUT2D eigenvalue weighted by Crippen LogP contribution is -2.38. The highest BCUT2D eigenvalue weighted by atomic mass is 16.5. The van der Waals surface area contributed by atoms with Crippen molar-refractivity contribution in [2.75, 3.05) is 13.2 Å². The Morgan fingerprint density at radius 1 is 0.733 bits per heavy atom. The first kappa shape index (κ1) is 14.9. The quantitative estimate of drug-likeness (QED) is 0.656. The topological polar surface area (TPSA) is 49.7 Å². The minimum Gasteiger partial charge on any atom is -0.388 e. The maximum Gasteiger partial charge on any atom is 0.0874 e. The lowest BCUT2D eigenvalue weighted by Gasteiger charge is -2.29. The van der Waals surface area contributed by atoms with Gasteiger partial charge in [-0.1, -0.05) is 27.7 Å². The molecule has 0 fully saturated rings. The minimum atomic E-state index is -0.734. The minimum absolute atomic E-state index is 0.308. The van der Waals surface area contributed by atoms with Crippen LogP contribution in [0.1, 0.15) is 53.4 Å². The predicted octanol–water partition coefficient (Wildman–Crippen LogP) is 2.11. The smallest absolute Gasteiger partial charge is 0.0874 e. The van der Waals surface area contributed by atoms with Gasteiger partial charge in [0.05, 0.1) is 24.4 Å². The fourth-order valence-electron chi connectivity index (χ4n) is 1.34. The normalized spacial score (nSPS) is 13.2. The summed E-state index contributed by atoms with van der Waals surface area (Å²) < 4.78 is 5.43. The molecule has 0 aliphatic carbocycles. The van der Waals surface area contributed by atoms with E-state index in [0.717, 1.165) is 0 Å². The van der Waals surface area contributed by atoms with Crippen LogP contribution in [-0.2, 0) is 4.74 Å². The zero-order valence-corrected chi connectivity index (χ0v) is 10.5. The molecule has 15 heavy (non-hydrogen) atoms. The van der Waals surface area contributed by atoms with Gasteiger partial charge in [0.2, 0.25) is 0 Å². The third-order valence-electron chi connectivity index (χ3n) is 3.37. The van der Waals surface area contributed by atoms with Crippen LogP contribution in [0, 0.1) is 0 Å². The number of hydrogen-bond donors (Lipinski definition) is 2. The number of hydrogen-bond acceptors (Lipinski definition) is 3. The van der Waals surface area contributed by atoms with E-state index in [1.165, 1.54) is 0 Å². The van der Waals surface area contributed by atoms with Crippen molar-refractivity contribution in [1.29, 1.82) is 0 Å². The molecule has 0 saturated carbocycles. The van der Waals surface area contributed by atoms with Crippen molar-refractivity contribution in [2.24, 2.45) is 0 Å². The molecule has 0 bridgehead atoms. The largest absolute Gasteiger partial charge is 0.388 e. The Morgan fingerprint density at radius 2 is 1.00 bits per heavy atom. The molecule has 0 saturated heterocycles. The highest BCUT2D eigenvalue weighted by Gasteiger charge is 2.26. The van der Waals surface area contributed by atoms with E-state index in [4.69, 9.17) is 4.74 Å². The Hall–Kier alpha value is -0.120. The molecule has 0 aromatic heterocycles. The number of ether oxygens (including phenoxy) is 1. The molecule has 0 amide bonds. The van der Waals surface area contributed by atoms with E-state index in [0.29, 0.717) is 38.9 Å². The van der Waals surface area contributed by atoms with Gasteiger partial charge in [0.1, 0.15) is 0 Å². The van der Waals surface area contributed by atoms with Crippen LogP contribution in [0.15, 0.2) is 0 Å². The molecule has 0 rings (SSSR count). The summed E-state index contributed by atoms with van der Waals surface area (Å²) in [4.78, 5) is 0. The van der Waals surface area contributed by atoms with Crippen molar-refractivity contribution in [1.82, 2.24) is 0 Å². The van der Waals surface area contributed by atoms with Crippen LogP contribution in [-0.4, -0.2) is 34.6 Å². The highest BCUT2D eigenvalue weighted by molar-refractivity contribution is 4.77. The fraction of sp³-hybridized carbons (Fsp3) is 1.00. The van der Waals surface area contributed by atoms with Crippen LogP contribution >= 0.6 is 0 Å². The van der Waals surface area contributed by atoms with Crippen molar-refractivity contribution in [3.63, 3.8) is 0 Å². The van der Waals surface area contributed by atoms with E-state index in [2.05, 4.69) is 0 Å². The van der Waals surface area contributed by atoms with Gasteiger partial charge in [0.15, 0.2) is 0 Å². The average Bonchev–Trinajstić information content (AvgIpc) is 2.28. The van der Waals surface area contributed by atoms with E-state index < -0.39 is 11.2 Å². The van der Waals surface area contributed by atoms with E-state index in [-0.39, 0.29) is 0 Å². The first-order valence-corrected chi connectivity index (χ1v) is 5.97. The molecule has 0 atom stereocenters. The molecule has 0 spiro atoms. The van der Waals surface area contributed by atoms with Crippen LogP contribution in [0.3, 0.4) is 0 Å². The van der Waals surface area contributed by atoms with Gasteiger partial charge in [-0.05, 0) is 25.7 Å². The summed E-state index contributed by atoms with van der Waals surface area (Å²) in [5, 5.41) is 19.9. The zero-order chi connectivity index (χ0) is 11.9. The fourth-order valence-corrected chi connectivity index (χ4v) is 1.34. The maximum absolute atomic E-state index is 9.96. The Bertz CT molecular complexity index is 142. The van der Waals surface area contributed by atoms with E-state index in [1.54, 1.807) is 0 Å². The van der Waals surface area contributed by atoms with Crippen molar-refractivity contribution in [3.8, 4) is 0 Å². The monoisotopic (exact) mass is 218 g/mol. The van der Waals surface area contributed by atoms with Gasteiger partial charge in [0.25, 0.3) is 0 Å². The molecule has 0 aromatic rings. The molecule has 0 aliphatic rings. The SMILES string of the molecule is CCC(O)(CC)COCC(O)(CC)CC. The second-order valence-electron chi connectivity index (χ2n) is 4.36. The van der Waals surface area contributed by atoms with E-state index in [1.807, 2.05) is 27.7 Å². The van der Waals surface area contributed by atoms with Gasteiger partial charge in [-0.15, -0.1) is 0 Å². The van der Waals surface area contributed by atoms with Gasteiger partial charge in [-0.2, -0.15) is 0 Å². The number of rotatable bonds is 8. The zero-order valence-electron chi connectivity index (χ0n) is 10.5. The predicted molar refractivity (Wildman–Crippen MR) is 61.9 cm³/mol. The summed E-state index contributed by atoms with van der Waals surface area (Å²) in [6.07, 6.45) is 2.72. The Morgan fingerprint density at radius 3 is 1.20 bits per heavy atom. The molecule has 2 N–H and O–H groups in total. The standard InChI is InChI=1S/C12H26O3/c1-5-11(13,6-2)9-15-10-12(14,7-3)8-4/h13-14H,5-10H2,1-4H3. The molecule has 3 heteroatoms. The Labute approximate surface area is 93.5 Å². The molecule has 0 aliphatic heterocycles. The lowest BCUT2D eigenvalue weighted by atomic mass is 9.97. The van der Waals surface area contributed by atoms with Crippen LogP contribution in [0.25, 0.3) is 0 Å². The average molecular weight is 218 g/mol. The van der Waals surface area contributed by atoms with Crippen LogP contribution in [0.5, 0.6) is 0 Å². The molecular formula is C12H26O3. The summed E-state index contributed by atoms with van der Waals surface area (Å²) in [6.45, 7) is 8.39. The van der Waals surface area contributed by atoms with E-state index in [9.17, 15) is 10.2 Å². The van der Waals surface area contributed by atoms with Gasteiger partial charge in [-0.25, -0.2) is 0 Å². The van der Waals surface area contributed by atoms with Crippen LogP contribution < -0.4 is 0 Å². The Balaban J connectivity index is 3.96. The van der Waals surface area contributed by atoms with Gasteiger partial charge >= 0.3 is 0 Å². The van der Waals surface area contributed by atoms with Crippen LogP contribution in [0.4, 0.5) is 0 Å². The lowest BCUT2D eigenvalue weighted by molar-refractivity contribution is -0.101. The summed E-state index contributed by atoms with van der Waals surface area (Å²) in [5.74, 6) is 0. The third kappa shape index (κ3) is 4.96. The second-order valence-corrected chi connectivity index (χ2v) is 4.36. The second kappa shape index (κ2) is 6.46. The third-order valence-corrected chi connectivity index (χ3v) is 3.37. The summed E-state index contributed by atoms with van der Waals surface area (Å²) >= 11 is 0. The molecular weight excluding hydrogens is 192 g/mol. The van der Waals surface area contributed by atoms with Crippen molar-refractivity contribution in [2.45, 2.75) is 64.6 Å². The van der Waals surface area contributed by atoms with Crippen LogP contribution in [0.2, 0.25) is 0 Å². The molecule has 0 aromatic carbocycles. The molecule has 0 unspecified atom stereocenters. The van der Waals surface area contributed by atoms with Crippen molar-refractivity contribution in [3.05, 3.63) is 0 Å². The first-order chi connectivity index (χ1) is 6.95. The molecule has 3 nitrogen and oxygen atoms in total. The summed E-state index contributed by atoms with van der Waals surface area (Å²) in [7, 11) is 0. The van der Waals surface area contributed by atoms with Gasteiger partial charge in [0, 0.05) is 0 Å². The number of aliphatic hydroxyl groups is 2. The maximum atomic E-state index is 9.96.